The predicted molar refractivity (Wildman–Crippen MR) is 107 cm³/mol. The minimum Gasteiger partial charge on any atom is -0.497 e. The maximum atomic E-state index is 12.4. The zero-order valence-electron chi connectivity index (χ0n) is 15.1. The van der Waals surface area contributed by atoms with Crippen LogP contribution in [-0.2, 0) is 11.3 Å². The third kappa shape index (κ3) is 3.80. The molecule has 0 atom stereocenters. The molecule has 136 valence electrons. The second-order valence-corrected chi connectivity index (χ2v) is 6.72. The van der Waals surface area contributed by atoms with Crippen LogP contribution in [0.3, 0.4) is 0 Å². The van der Waals surface area contributed by atoms with Crippen LogP contribution < -0.4 is 14.8 Å². The molecule has 26 heavy (non-hydrogen) atoms. The zero-order chi connectivity index (χ0) is 18.5. The standard InChI is InChI=1S/C20H22N2O3S/c1-4-22-12-19(15-7-5-6-8-17(15)22)26-13-20(23)21-16-10-9-14(24-2)11-18(16)25-3/h5-12H,4,13H2,1-3H3,(H,21,23). The number of methoxy groups -OCH3 is 2. The Morgan fingerprint density at radius 3 is 2.69 bits per heavy atom. The summed E-state index contributed by atoms with van der Waals surface area (Å²) in [6, 6.07) is 13.6. The van der Waals surface area contributed by atoms with Crippen molar-refractivity contribution in [2.24, 2.45) is 0 Å². The third-order valence-electron chi connectivity index (χ3n) is 4.13. The SMILES string of the molecule is CCn1cc(SCC(=O)Nc2ccc(OC)cc2OC)c2ccccc21. The van der Waals surface area contributed by atoms with Gasteiger partial charge < -0.3 is 19.4 Å². The molecule has 1 amide bonds. The van der Waals surface area contributed by atoms with Gasteiger partial charge in [-0.3, -0.25) is 4.79 Å². The number of para-hydroxylation sites is 1. The van der Waals surface area contributed by atoms with E-state index in [9.17, 15) is 4.79 Å². The lowest BCUT2D eigenvalue weighted by atomic mass is 10.2. The van der Waals surface area contributed by atoms with E-state index in [2.05, 4.69) is 35.1 Å². The predicted octanol–water partition coefficient (Wildman–Crippen LogP) is 4.41. The summed E-state index contributed by atoms with van der Waals surface area (Å²) >= 11 is 1.54. The largest absolute Gasteiger partial charge is 0.497 e. The highest BCUT2D eigenvalue weighted by atomic mass is 32.2. The Hall–Kier alpha value is -2.60. The molecular formula is C20H22N2O3S. The van der Waals surface area contributed by atoms with Crippen LogP contribution in [-0.4, -0.2) is 30.4 Å². The minimum absolute atomic E-state index is 0.0770. The maximum Gasteiger partial charge on any atom is 0.234 e. The monoisotopic (exact) mass is 370 g/mol. The van der Waals surface area contributed by atoms with Crippen LogP contribution in [0.4, 0.5) is 5.69 Å². The number of benzene rings is 2. The van der Waals surface area contributed by atoms with Crippen LogP contribution in [0.2, 0.25) is 0 Å². The van der Waals surface area contributed by atoms with Gasteiger partial charge >= 0.3 is 0 Å². The number of hydrogen-bond acceptors (Lipinski definition) is 4. The van der Waals surface area contributed by atoms with Crippen molar-refractivity contribution in [2.75, 3.05) is 25.3 Å². The number of thioether (sulfide) groups is 1. The van der Waals surface area contributed by atoms with Gasteiger partial charge in [-0.25, -0.2) is 0 Å². The molecule has 0 unspecified atom stereocenters. The summed E-state index contributed by atoms with van der Waals surface area (Å²) in [5.74, 6) is 1.51. The Kier molecular flexibility index (Phi) is 5.73. The topological polar surface area (TPSA) is 52.5 Å². The van der Waals surface area contributed by atoms with E-state index < -0.39 is 0 Å². The van der Waals surface area contributed by atoms with E-state index in [1.54, 1.807) is 32.4 Å². The molecule has 1 heterocycles. The summed E-state index contributed by atoms with van der Waals surface area (Å²) in [5.41, 5.74) is 1.82. The highest BCUT2D eigenvalue weighted by Gasteiger charge is 2.12. The molecule has 0 aliphatic carbocycles. The first-order chi connectivity index (χ1) is 12.7. The van der Waals surface area contributed by atoms with E-state index in [1.807, 2.05) is 12.1 Å². The van der Waals surface area contributed by atoms with Crippen LogP contribution in [0.1, 0.15) is 6.92 Å². The average molecular weight is 370 g/mol. The van der Waals surface area contributed by atoms with E-state index in [-0.39, 0.29) is 5.91 Å². The van der Waals surface area contributed by atoms with E-state index >= 15 is 0 Å². The Labute approximate surface area is 157 Å². The first kappa shape index (κ1) is 18.2. The number of ether oxygens (including phenoxy) is 2. The van der Waals surface area contributed by atoms with Crippen molar-refractivity contribution >= 4 is 34.3 Å². The van der Waals surface area contributed by atoms with Gasteiger partial charge in [0.1, 0.15) is 11.5 Å². The summed E-state index contributed by atoms with van der Waals surface area (Å²) < 4.78 is 12.7. The second-order valence-electron chi connectivity index (χ2n) is 5.70. The van der Waals surface area contributed by atoms with Gasteiger partial charge in [0.15, 0.2) is 0 Å². The fraction of sp³-hybridized carbons (Fsp3) is 0.250. The van der Waals surface area contributed by atoms with Crippen molar-refractivity contribution < 1.29 is 14.3 Å². The lowest BCUT2D eigenvalue weighted by Gasteiger charge is -2.11. The van der Waals surface area contributed by atoms with Gasteiger partial charge in [-0.05, 0) is 25.1 Å². The highest BCUT2D eigenvalue weighted by molar-refractivity contribution is 8.00. The fourth-order valence-electron chi connectivity index (χ4n) is 2.82. The van der Waals surface area contributed by atoms with Crippen molar-refractivity contribution in [1.29, 1.82) is 0 Å². The summed E-state index contributed by atoms with van der Waals surface area (Å²) in [6.45, 7) is 3.01. The average Bonchev–Trinajstić information content (AvgIpc) is 3.04. The number of fused-ring (bicyclic) bond motifs is 1. The fourth-order valence-corrected chi connectivity index (χ4v) is 3.71. The maximum absolute atomic E-state index is 12.4. The first-order valence-electron chi connectivity index (χ1n) is 8.38. The molecular weight excluding hydrogens is 348 g/mol. The van der Waals surface area contributed by atoms with Crippen LogP contribution in [0.5, 0.6) is 11.5 Å². The van der Waals surface area contributed by atoms with Gasteiger partial charge in [-0.2, -0.15) is 0 Å². The normalized spacial score (nSPS) is 10.7. The number of hydrogen-bond donors (Lipinski definition) is 1. The molecule has 5 nitrogen and oxygen atoms in total. The van der Waals surface area contributed by atoms with Crippen molar-refractivity contribution in [3.8, 4) is 11.5 Å². The highest BCUT2D eigenvalue weighted by Crippen LogP contribution is 2.31. The summed E-state index contributed by atoms with van der Waals surface area (Å²) in [6.07, 6.45) is 2.11. The minimum atomic E-state index is -0.0770. The van der Waals surface area contributed by atoms with Crippen LogP contribution in [0.15, 0.2) is 53.6 Å². The number of aryl methyl sites for hydroxylation is 1. The van der Waals surface area contributed by atoms with Crippen molar-refractivity contribution in [2.45, 2.75) is 18.4 Å². The molecule has 0 fully saturated rings. The number of anilines is 1. The number of amides is 1. The molecule has 6 heteroatoms. The van der Waals surface area contributed by atoms with Crippen molar-refractivity contribution in [1.82, 2.24) is 4.57 Å². The third-order valence-corrected chi connectivity index (χ3v) is 5.18. The molecule has 0 aliphatic heterocycles. The van der Waals surface area contributed by atoms with Crippen LogP contribution in [0.25, 0.3) is 10.9 Å². The molecule has 0 aliphatic rings. The van der Waals surface area contributed by atoms with Gasteiger partial charge in [0, 0.05) is 34.6 Å². The van der Waals surface area contributed by atoms with Crippen molar-refractivity contribution in [3.63, 3.8) is 0 Å². The molecule has 3 rings (SSSR count). The molecule has 2 aromatic carbocycles. The van der Waals surface area contributed by atoms with Gasteiger partial charge in [0.2, 0.25) is 5.91 Å². The van der Waals surface area contributed by atoms with Gasteiger partial charge in [-0.15, -0.1) is 11.8 Å². The Morgan fingerprint density at radius 2 is 1.96 bits per heavy atom. The van der Waals surface area contributed by atoms with Crippen molar-refractivity contribution in [3.05, 3.63) is 48.7 Å². The van der Waals surface area contributed by atoms with E-state index in [0.717, 1.165) is 11.4 Å². The first-order valence-corrected chi connectivity index (χ1v) is 9.37. The summed E-state index contributed by atoms with van der Waals surface area (Å²) in [5, 5.41) is 4.08. The molecule has 0 spiro atoms. The van der Waals surface area contributed by atoms with Crippen LogP contribution in [0, 0.1) is 0 Å². The molecule has 0 saturated carbocycles. The lowest BCUT2D eigenvalue weighted by molar-refractivity contribution is -0.113. The van der Waals surface area contributed by atoms with Crippen LogP contribution >= 0.6 is 11.8 Å². The quantitative estimate of drug-likeness (QED) is 0.626. The molecule has 0 radical (unpaired) electrons. The zero-order valence-corrected chi connectivity index (χ0v) is 15.9. The second kappa shape index (κ2) is 8.19. The number of rotatable bonds is 7. The Morgan fingerprint density at radius 1 is 1.15 bits per heavy atom. The number of carbonyl (C=O) groups excluding carboxylic acids is 1. The van der Waals surface area contributed by atoms with E-state index in [1.165, 1.54) is 22.7 Å². The molecule has 1 N–H and O–H groups in total. The lowest BCUT2D eigenvalue weighted by Crippen LogP contribution is -2.14. The van der Waals surface area contributed by atoms with Gasteiger partial charge in [-0.1, -0.05) is 18.2 Å². The number of nitrogens with zero attached hydrogens (tertiary/aromatic N) is 1. The van der Waals surface area contributed by atoms with E-state index in [4.69, 9.17) is 9.47 Å². The smallest absolute Gasteiger partial charge is 0.234 e. The van der Waals surface area contributed by atoms with Gasteiger partial charge in [0.05, 0.1) is 25.7 Å². The molecule has 0 saturated heterocycles. The molecule has 1 aromatic heterocycles. The summed E-state index contributed by atoms with van der Waals surface area (Å²) in [4.78, 5) is 13.5. The number of carbonyl (C=O) groups is 1. The molecule has 3 aromatic rings. The van der Waals surface area contributed by atoms with E-state index in [0.29, 0.717) is 22.9 Å². The summed E-state index contributed by atoms with van der Waals surface area (Å²) in [7, 11) is 3.16. The number of nitrogens with one attached hydrogen (secondary N) is 1. The Balaban J connectivity index is 1.70. The van der Waals surface area contributed by atoms with Gasteiger partial charge in [0.25, 0.3) is 0 Å². The molecule has 0 bridgehead atoms. The number of aromatic nitrogens is 1. The Bertz CT molecular complexity index is 921.